The van der Waals surface area contributed by atoms with Gasteiger partial charge in [-0.1, -0.05) is 30.3 Å². The van der Waals surface area contributed by atoms with Gasteiger partial charge in [0.05, 0.1) is 12.2 Å². The zero-order chi connectivity index (χ0) is 17.9. The number of hydrogen-bond acceptors (Lipinski definition) is 3. The average molecular weight is 349 g/mol. The van der Waals surface area contributed by atoms with Gasteiger partial charge in [0, 0.05) is 24.0 Å². The monoisotopic (exact) mass is 349 g/mol. The highest BCUT2D eigenvalue weighted by atomic mass is 16.5. The first-order valence-electron chi connectivity index (χ1n) is 9.32. The van der Waals surface area contributed by atoms with Crippen molar-refractivity contribution in [1.29, 1.82) is 0 Å². The molecule has 0 unspecified atom stereocenters. The Morgan fingerprint density at radius 1 is 1.08 bits per heavy atom. The number of nitrogens with zero attached hydrogens (tertiary/aromatic N) is 1. The number of benzene rings is 2. The molecule has 134 valence electrons. The Morgan fingerprint density at radius 3 is 2.58 bits per heavy atom. The summed E-state index contributed by atoms with van der Waals surface area (Å²) in [6.45, 7) is 4.16. The van der Waals surface area contributed by atoms with Crippen molar-refractivity contribution in [3.05, 3.63) is 54.1 Å². The summed E-state index contributed by atoms with van der Waals surface area (Å²) in [7, 11) is 0. The fraction of sp³-hybridized carbons (Fsp3) is 0.318. The van der Waals surface area contributed by atoms with Gasteiger partial charge in [0.25, 0.3) is 5.91 Å². The molecular formula is C22H23NO3. The first-order valence-corrected chi connectivity index (χ1v) is 9.32. The van der Waals surface area contributed by atoms with Crippen molar-refractivity contribution in [3.8, 4) is 17.1 Å². The van der Waals surface area contributed by atoms with Crippen LogP contribution in [-0.4, -0.2) is 30.5 Å². The minimum absolute atomic E-state index is 0.0518. The van der Waals surface area contributed by atoms with Gasteiger partial charge in [-0.25, -0.2) is 0 Å². The molecule has 0 aliphatic carbocycles. The fourth-order valence-electron chi connectivity index (χ4n) is 3.59. The van der Waals surface area contributed by atoms with Gasteiger partial charge < -0.3 is 14.1 Å². The molecule has 1 aliphatic heterocycles. The van der Waals surface area contributed by atoms with Crippen molar-refractivity contribution in [2.24, 2.45) is 0 Å². The summed E-state index contributed by atoms with van der Waals surface area (Å²) in [4.78, 5) is 15.3. The molecule has 0 bridgehead atoms. The quantitative estimate of drug-likeness (QED) is 0.656. The lowest BCUT2D eigenvalue weighted by Crippen LogP contribution is -2.35. The van der Waals surface area contributed by atoms with Crippen LogP contribution in [0.1, 0.15) is 36.5 Å². The van der Waals surface area contributed by atoms with Gasteiger partial charge in [0.15, 0.2) is 0 Å². The van der Waals surface area contributed by atoms with Gasteiger partial charge in [-0.05, 0) is 44.4 Å². The van der Waals surface area contributed by atoms with Gasteiger partial charge in [0.1, 0.15) is 17.1 Å². The van der Waals surface area contributed by atoms with Crippen LogP contribution in [0.5, 0.6) is 5.75 Å². The molecule has 0 atom stereocenters. The summed E-state index contributed by atoms with van der Waals surface area (Å²) < 4.78 is 11.8. The maximum Gasteiger partial charge on any atom is 0.258 e. The molecule has 1 fully saturated rings. The molecule has 1 saturated heterocycles. The summed E-state index contributed by atoms with van der Waals surface area (Å²) in [5.41, 5.74) is 2.28. The van der Waals surface area contributed by atoms with Crippen LogP contribution in [-0.2, 0) is 0 Å². The van der Waals surface area contributed by atoms with E-state index in [1.807, 2.05) is 60.4 Å². The number of amides is 1. The van der Waals surface area contributed by atoms with E-state index in [1.165, 1.54) is 6.42 Å². The van der Waals surface area contributed by atoms with Crippen molar-refractivity contribution in [2.45, 2.75) is 26.2 Å². The van der Waals surface area contributed by atoms with Gasteiger partial charge in [-0.2, -0.15) is 0 Å². The van der Waals surface area contributed by atoms with Crippen molar-refractivity contribution in [2.75, 3.05) is 19.7 Å². The summed E-state index contributed by atoms with van der Waals surface area (Å²) >= 11 is 0. The van der Waals surface area contributed by atoms with E-state index in [0.717, 1.165) is 42.6 Å². The number of ether oxygens (including phenoxy) is 1. The SMILES string of the molecule is CCOc1ccc2oc(-c3ccccc3)c(C(=O)N3CCCCC3)c2c1. The predicted octanol–water partition coefficient (Wildman–Crippen LogP) is 5.12. The number of carbonyl (C=O) groups is 1. The van der Waals surface area contributed by atoms with E-state index in [9.17, 15) is 4.79 Å². The molecule has 0 spiro atoms. The number of fused-ring (bicyclic) bond motifs is 1. The highest BCUT2D eigenvalue weighted by Crippen LogP contribution is 2.36. The number of hydrogen-bond donors (Lipinski definition) is 0. The molecule has 1 aliphatic rings. The molecule has 4 rings (SSSR count). The Hall–Kier alpha value is -2.75. The van der Waals surface area contributed by atoms with E-state index in [2.05, 4.69) is 0 Å². The molecule has 2 aromatic carbocycles. The molecule has 26 heavy (non-hydrogen) atoms. The van der Waals surface area contributed by atoms with Crippen LogP contribution in [0.4, 0.5) is 0 Å². The normalized spacial score (nSPS) is 14.6. The lowest BCUT2D eigenvalue weighted by atomic mass is 10.0. The number of carbonyl (C=O) groups excluding carboxylic acids is 1. The van der Waals surface area contributed by atoms with E-state index >= 15 is 0 Å². The molecule has 0 saturated carbocycles. The largest absolute Gasteiger partial charge is 0.494 e. The van der Waals surface area contributed by atoms with Crippen LogP contribution < -0.4 is 4.74 Å². The second-order valence-corrected chi connectivity index (χ2v) is 6.62. The third kappa shape index (κ3) is 3.07. The summed E-state index contributed by atoms with van der Waals surface area (Å²) in [6, 6.07) is 15.5. The average Bonchev–Trinajstić information content (AvgIpc) is 3.08. The minimum Gasteiger partial charge on any atom is -0.494 e. The summed E-state index contributed by atoms with van der Waals surface area (Å²) in [5.74, 6) is 1.45. The smallest absolute Gasteiger partial charge is 0.258 e. The number of furan rings is 1. The van der Waals surface area contributed by atoms with E-state index in [4.69, 9.17) is 9.15 Å². The van der Waals surface area contributed by atoms with Crippen LogP contribution >= 0.6 is 0 Å². The second kappa shape index (κ2) is 7.24. The second-order valence-electron chi connectivity index (χ2n) is 6.62. The van der Waals surface area contributed by atoms with Crippen molar-refractivity contribution in [1.82, 2.24) is 4.90 Å². The van der Waals surface area contributed by atoms with Gasteiger partial charge in [-0.3, -0.25) is 4.79 Å². The first-order chi connectivity index (χ1) is 12.8. The van der Waals surface area contributed by atoms with E-state index < -0.39 is 0 Å². The van der Waals surface area contributed by atoms with Crippen molar-refractivity contribution >= 4 is 16.9 Å². The zero-order valence-corrected chi connectivity index (χ0v) is 15.0. The van der Waals surface area contributed by atoms with E-state index in [-0.39, 0.29) is 5.91 Å². The molecular weight excluding hydrogens is 326 g/mol. The van der Waals surface area contributed by atoms with Crippen molar-refractivity contribution < 1.29 is 13.9 Å². The highest BCUT2D eigenvalue weighted by Gasteiger charge is 2.27. The molecule has 0 N–H and O–H groups in total. The molecule has 0 radical (unpaired) electrons. The Labute approximate surface area is 153 Å². The number of likely N-dealkylation sites (tertiary alicyclic amines) is 1. The molecule has 4 heteroatoms. The van der Waals surface area contributed by atoms with E-state index in [1.54, 1.807) is 0 Å². The van der Waals surface area contributed by atoms with Crippen LogP contribution in [0.3, 0.4) is 0 Å². The molecule has 3 aromatic rings. The Morgan fingerprint density at radius 2 is 1.85 bits per heavy atom. The standard InChI is InChI=1S/C22H23NO3/c1-2-25-17-11-12-19-18(15-17)20(22(24)23-13-7-4-8-14-23)21(26-19)16-9-5-3-6-10-16/h3,5-6,9-12,15H,2,4,7-8,13-14H2,1H3. The van der Waals surface area contributed by atoms with Crippen LogP contribution in [0.25, 0.3) is 22.3 Å². The summed E-state index contributed by atoms with van der Waals surface area (Å²) in [6.07, 6.45) is 3.31. The molecule has 4 nitrogen and oxygen atoms in total. The lowest BCUT2D eigenvalue weighted by Gasteiger charge is -2.26. The maximum atomic E-state index is 13.4. The Balaban J connectivity index is 1.87. The first kappa shape index (κ1) is 16.7. The molecule has 2 heterocycles. The van der Waals surface area contributed by atoms with Crippen LogP contribution in [0, 0.1) is 0 Å². The maximum absolute atomic E-state index is 13.4. The van der Waals surface area contributed by atoms with Gasteiger partial charge in [-0.15, -0.1) is 0 Å². The topological polar surface area (TPSA) is 42.7 Å². The third-order valence-electron chi connectivity index (χ3n) is 4.86. The van der Waals surface area contributed by atoms with Gasteiger partial charge in [0.2, 0.25) is 0 Å². The highest BCUT2D eigenvalue weighted by molar-refractivity contribution is 6.11. The minimum atomic E-state index is 0.0518. The van der Waals surface area contributed by atoms with E-state index in [0.29, 0.717) is 23.5 Å². The predicted molar refractivity (Wildman–Crippen MR) is 103 cm³/mol. The zero-order valence-electron chi connectivity index (χ0n) is 15.0. The third-order valence-corrected chi connectivity index (χ3v) is 4.86. The van der Waals surface area contributed by atoms with Crippen LogP contribution in [0.15, 0.2) is 52.9 Å². The van der Waals surface area contributed by atoms with Crippen LogP contribution in [0.2, 0.25) is 0 Å². The Bertz CT molecular complexity index is 908. The van der Waals surface area contributed by atoms with Crippen molar-refractivity contribution in [3.63, 3.8) is 0 Å². The number of piperidine rings is 1. The fourth-order valence-corrected chi connectivity index (χ4v) is 3.59. The lowest BCUT2D eigenvalue weighted by molar-refractivity contribution is 0.0726. The molecule has 1 amide bonds. The Kier molecular flexibility index (Phi) is 4.65. The number of rotatable bonds is 4. The van der Waals surface area contributed by atoms with Gasteiger partial charge >= 0.3 is 0 Å². The molecule has 1 aromatic heterocycles. The summed E-state index contributed by atoms with van der Waals surface area (Å²) in [5, 5.41) is 0.824.